The maximum Gasteiger partial charge on any atom is 0.339 e. The molecule has 5 rings (SSSR count). The number of carbonyl (C=O) groups excluding carboxylic acids is 4. The van der Waals surface area contributed by atoms with E-state index in [4.69, 9.17) is 18.9 Å². The zero-order valence-electron chi connectivity index (χ0n) is 52.2. The predicted molar refractivity (Wildman–Crippen MR) is 343 cm³/mol. The second-order valence-electron chi connectivity index (χ2n) is 23.8. The third-order valence-electron chi connectivity index (χ3n) is 17.0. The van der Waals surface area contributed by atoms with Gasteiger partial charge in [0.15, 0.2) is 0 Å². The summed E-state index contributed by atoms with van der Waals surface area (Å²) in [5, 5.41) is 16.4. The smallest absolute Gasteiger partial charge is 0.339 e. The van der Waals surface area contributed by atoms with Gasteiger partial charge < -0.3 is 18.9 Å². The highest BCUT2D eigenvalue weighted by Crippen LogP contribution is 2.48. The Balaban J connectivity index is 1.49. The molecule has 0 radical (unpaired) electrons. The lowest BCUT2D eigenvalue weighted by Gasteiger charge is -2.20. The minimum Gasteiger partial charge on any atom is -0.462 e. The van der Waals surface area contributed by atoms with Crippen LogP contribution in [0.4, 0.5) is 5.69 Å². The minimum absolute atomic E-state index is 0.0886. The second-order valence-corrected chi connectivity index (χ2v) is 23.8. The minimum atomic E-state index is -0.756. The van der Waals surface area contributed by atoms with Crippen LogP contribution in [0.3, 0.4) is 0 Å². The number of nitro benzene ring substituents is 1. The van der Waals surface area contributed by atoms with Crippen LogP contribution in [0.5, 0.6) is 0 Å². The number of nitro groups is 1. The van der Waals surface area contributed by atoms with Gasteiger partial charge in [0.1, 0.15) is 0 Å². The van der Waals surface area contributed by atoms with Gasteiger partial charge in [0.25, 0.3) is 5.69 Å². The first kappa shape index (κ1) is 68.5. The summed E-state index contributed by atoms with van der Waals surface area (Å²) in [6.45, 7) is 9.64. The molecule has 0 saturated carbocycles. The lowest BCUT2D eigenvalue weighted by Crippen LogP contribution is -2.14. The summed E-state index contributed by atoms with van der Waals surface area (Å²) in [5.74, 6) is -2.58. The molecule has 0 aliphatic heterocycles. The molecule has 0 aromatic heterocycles. The largest absolute Gasteiger partial charge is 0.462 e. The van der Waals surface area contributed by atoms with Gasteiger partial charge in [0, 0.05) is 22.2 Å². The first-order valence-electron chi connectivity index (χ1n) is 33.8. The number of carbonyl (C=O) groups is 4. The van der Waals surface area contributed by atoms with E-state index in [1.54, 1.807) is 36.4 Å². The van der Waals surface area contributed by atoms with E-state index < -0.39 is 28.8 Å². The monoisotopic (exact) mass is 1150 g/mol. The van der Waals surface area contributed by atoms with Crippen LogP contribution in [-0.2, 0) is 18.9 Å². The molecule has 460 valence electrons. The standard InChI is InChI=1S/C72H107NO10/c1-5-9-13-17-21-25-29-33-37-41-51-80-69(74)59-48-45-56-57-46-49-61(71(76)82-53-43-39-35-31-27-23-19-15-11-7-3)66-62(72(77)83-54-44-40-36-32-28-24-20-16-12-8-4)55-63(73(78)79)67(68(57)66)58-47-50-60(65(59)64(56)58)70(75)81-52-42-38-34-30-26-22-18-14-10-6-2/h45-50,55H,5-44,51-54H2,1-4H3. The van der Waals surface area contributed by atoms with Gasteiger partial charge >= 0.3 is 23.9 Å². The van der Waals surface area contributed by atoms with Gasteiger partial charge in [0.2, 0.25) is 0 Å². The molecule has 0 aliphatic rings. The highest BCUT2D eigenvalue weighted by molar-refractivity contribution is 6.39. The number of ether oxygens (including phenoxy) is 4. The molecule has 0 unspecified atom stereocenters. The molecule has 0 bridgehead atoms. The number of fused-ring (bicyclic) bond motifs is 2. The molecule has 0 N–H and O–H groups in total. The summed E-state index contributed by atoms with van der Waals surface area (Å²) in [7, 11) is 0. The van der Waals surface area contributed by atoms with Crippen LogP contribution >= 0.6 is 0 Å². The lowest BCUT2D eigenvalue weighted by atomic mass is 9.83. The number of nitrogens with zero attached hydrogens (tertiary/aromatic N) is 1. The van der Waals surface area contributed by atoms with Gasteiger partial charge in [-0.3, -0.25) is 10.1 Å². The Labute approximate surface area is 499 Å². The Morgan fingerprint density at radius 2 is 0.542 bits per heavy atom. The molecule has 0 amide bonds. The Bertz CT molecular complexity index is 2650. The number of non-ortho nitro benzene ring substituents is 1. The van der Waals surface area contributed by atoms with Crippen LogP contribution in [0.15, 0.2) is 42.5 Å². The van der Waals surface area contributed by atoms with Gasteiger partial charge in [-0.1, -0.05) is 277 Å². The van der Waals surface area contributed by atoms with Crippen LogP contribution in [0.1, 0.15) is 326 Å². The van der Waals surface area contributed by atoms with Gasteiger partial charge in [-0.05, 0) is 65.4 Å². The van der Waals surface area contributed by atoms with Crippen LogP contribution in [0, 0.1) is 10.1 Å². The summed E-state index contributed by atoms with van der Waals surface area (Å²) in [4.78, 5) is 70.6. The zero-order valence-corrected chi connectivity index (χ0v) is 52.2. The molecule has 11 nitrogen and oxygen atoms in total. The van der Waals surface area contributed by atoms with Crippen molar-refractivity contribution in [1.29, 1.82) is 0 Å². The summed E-state index contributed by atoms with van der Waals surface area (Å²) in [6.07, 6.45) is 45.1. The molecule has 5 aromatic carbocycles. The van der Waals surface area contributed by atoms with E-state index in [-0.39, 0.29) is 70.5 Å². The first-order valence-corrected chi connectivity index (χ1v) is 33.8. The number of hydrogen-bond donors (Lipinski definition) is 0. The van der Waals surface area contributed by atoms with Gasteiger partial charge in [-0.2, -0.15) is 0 Å². The highest BCUT2D eigenvalue weighted by atomic mass is 16.6. The Kier molecular flexibility index (Phi) is 33.7. The number of unbranched alkanes of at least 4 members (excludes halogenated alkanes) is 36. The van der Waals surface area contributed by atoms with Crippen molar-refractivity contribution in [2.45, 2.75) is 285 Å². The molecule has 0 saturated heterocycles. The SMILES string of the molecule is CCCCCCCCCCCCOC(=O)c1ccc2c3ccc(C(=O)OCCCCCCCCCCCC)c4c(C(=O)OCCCCCCCCCCCC)cc([N+](=O)[O-])c(c5ccc(C(=O)OCCCCCCCCCCCC)c1c25)c43. The van der Waals surface area contributed by atoms with Gasteiger partial charge in [-0.25, -0.2) is 19.2 Å². The molecular formula is C72H107NO10. The molecule has 11 heteroatoms. The van der Waals surface area contributed by atoms with Crippen molar-refractivity contribution in [3.8, 4) is 0 Å². The lowest BCUT2D eigenvalue weighted by molar-refractivity contribution is -0.383. The average molecular weight is 1150 g/mol. The van der Waals surface area contributed by atoms with Crippen LogP contribution in [0.2, 0.25) is 0 Å². The fourth-order valence-corrected chi connectivity index (χ4v) is 12.1. The van der Waals surface area contributed by atoms with Crippen molar-refractivity contribution < 1.29 is 43.0 Å². The fourth-order valence-electron chi connectivity index (χ4n) is 12.1. The predicted octanol–water partition coefficient (Wildman–Crippen LogP) is 22.0. The Morgan fingerprint density at radius 3 is 0.831 bits per heavy atom. The molecule has 83 heavy (non-hydrogen) atoms. The van der Waals surface area contributed by atoms with E-state index in [0.29, 0.717) is 52.6 Å². The maximum absolute atomic E-state index is 14.5. The molecule has 0 aliphatic carbocycles. The number of hydrogen-bond acceptors (Lipinski definition) is 10. The van der Waals surface area contributed by atoms with Crippen molar-refractivity contribution in [2.75, 3.05) is 26.4 Å². The van der Waals surface area contributed by atoms with Crippen LogP contribution < -0.4 is 0 Å². The fraction of sp³-hybridized carbons (Fsp3) is 0.667. The molecule has 5 aromatic rings. The average Bonchev–Trinajstić information content (AvgIpc) is 1.63. The molecule has 0 spiro atoms. The van der Waals surface area contributed by atoms with Crippen molar-refractivity contribution >= 4 is 72.7 Å². The number of rotatable bonds is 49. The normalized spacial score (nSPS) is 11.6. The van der Waals surface area contributed by atoms with E-state index in [1.165, 1.54) is 160 Å². The van der Waals surface area contributed by atoms with E-state index in [0.717, 1.165) is 77.0 Å². The second kappa shape index (κ2) is 40.9. The van der Waals surface area contributed by atoms with E-state index in [9.17, 15) is 29.3 Å². The Hall–Kier alpha value is -5.32. The van der Waals surface area contributed by atoms with Crippen molar-refractivity contribution in [3.63, 3.8) is 0 Å². The third kappa shape index (κ3) is 22.6. The van der Waals surface area contributed by atoms with E-state index >= 15 is 0 Å². The van der Waals surface area contributed by atoms with E-state index in [1.807, 2.05) is 0 Å². The van der Waals surface area contributed by atoms with Crippen LogP contribution in [-0.4, -0.2) is 55.2 Å². The molecular weight excluding hydrogens is 1040 g/mol. The van der Waals surface area contributed by atoms with Crippen molar-refractivity contribution in [2.24, 2.45) is 0 Å². The molecule has 0 heterocycles. The summed E-state index contributed by atoms with van der Waals surface area (Å²) >= 11 is 0. The van der Waals surface area contributed by atoms with Gasteiger partial charge in [0.05, 0.1) is 59.0 Å². The topological polar surface area (TPSA) is 148 Å². The Morgan fingerprint density at radius 1 is 0.301 bits per heavy atom. The molecule has 0 fully saturated rings. The summed E-state index contributed by atoms with van der Waals surface area (Å²) in [6, 6.07) is 11.3. The van der Waals surface area contributed by atoms with Gasteiger partial charge in [-0.15, -0.1) is 0 Å². The first-order chi connectivity index (χ1) is 40.7. The van der Waals surface area contributed by atoms with Crippen molar-refractivity contribution in [3.05, 3.63) is 74.8 Å². The number of benzene rings is 5. The highest BCUT2D eigenvalue weighted by Gasteiger charge is 2.32. The number of esters is 4. The summed E-state index contributed by atoms with van der Waals surface area (Å²) < 4.78 is 23.9. The molecule has 0 atom stereocenters. The van der Waals surface area contributed by atoms with Crippen LogP contribution in [0.25, 0.3) is 43.1 Å². The zero-order chi connectivity index (χ0) is 59.3. The summed E-state index contributed by atoms with van der Waals surface area (Å²) in [5.41, 5.74) is -0.0283. The third-order valence-corrected chi connectivity index (χ3v) is 17.0. The van der Waals surface area contributed by atoms with Crippen molar-refractivity contribution in [1.82, 2.24) is 0 Å². The van der Waals surface area contributed by atoms with E-state index in [2.05, 4.69) is 27.7 Å². The quantitative estimate of drug-likeness (QED) is 0.00701. The maximum atomic E-state index is 14.5.